The fourth-order valence-electron chi connectivity index (χ4n) is 2.54. The Morgan fingerprint density at radius 2 is 2.00 bits per heavy atom. The Morgan fingerprint density at radius 3 is 2.75 bits per heavy atom. The maximum Gasteiger partial charge on any atom is 0.266 e. The molecule has 3 aromatic rings. The molecule has 1 fully saturated rings. The van der Waals surface area contributed by atoms with Gasteiger partial charge < -0.3 is 4.42 Å². The maximum atomic E-state index is 12.6. The monoisotopic (exact) mass is 473 g/mol. The van der Waals surface area contributed by atoms with Crippen molar-refractivity contribution >= 4 is 62.1 Å². The number of amides is 1. The van der Waals surface area contributed by atoms with Crippen molar-refractivity contribution in [2.45, 2.75) is 0 Å². The van der Waals surface area contributed by atoms with Crippen LogP contribution in [0.3, 0.4) is 0 Å². The molecule has 4 rings (SSSR count). The lowest BCUT2D eigenvalue weighted by molar-refractivity contribution is -0.121. The minimum Gasteiger partial charge on any atom is -0.457 e. The van der Waals surface area contributed by atoms with Crippen molar-refractivity contribution in [3.8, 4) is 11.3 Å². The molecule has 1 aliphatic rings. The Bertz CT molecular complexity index is 1110. The van der Waals surface area contributed by atoms with Crippen LogP contribution in [0.25, 0.3) is 17.4 Å². The summed E-state index contributed by atoms with van der Waals surface area (Å²) in [5.41, 5.74) is 1.48. The Hall–Kier alpha value is -2.35. The molecular weight excluding hydrogens is 462 g/mol. The number of aliphatic imine (C=N–C) groups is 1. The normalized spacial score (nSPS) is 17.1. The van der Waals surface area contributed by atoms with E-state index in [0.717, 1.165) is 15.8 Å². The van der Waals surface area contributed by atoms with Crippen LogP contribution in [0.15, 0.2) is 73.5 Å². The van der Waals surface area contributed by atoms with Crippen LogP contribution < -0.4 is 0 Å². The number of carbonyl (C=O) groups excluding carboxylic acids is 1. The summed E-state index contributed by atoms with van der Waals surface area (Å²) in [5.74, 6) is 1.19. The van der Waals surface area contributed by atoms with Crippen LogP contribution in [0.1, 0.15) is 5.76 Å². The van der Waals surface area contributed by atoms with Gasteiger partial charge >= 0.3 is 0 Å². The molecule has 140 valence electrons. The molecule has 0 spiro atoms. The lowest BCUT2D eigenvalue weighted by Gasteiger charge is -2.07. The summed E-state index contributed by atoms with van der Waals surface area (Å²) in [7, 11) is 1.68. The molecule has 1 aromatic carbocycles. The zero-order chi connectivity index (χ0) is 19.7. The van der Waals surface area contributed by atoms with Gasteiger partial charge in [0.2, 0.25) is 0 Å². The van der Waals surface area contributed by atoms with Crippen LogP contribution in [0.2, 0.25) is 5.15 Å². The summed E-state index contributed by atoms with van der Waals surface area (Å²) in [6, 6.07) is 15.0. The van der Waals surface area contributed by atoms with Gasteiger partial charge in [0, 0.05) is 29.4 Å². The van der Waals surface area contributed by atoms with Crippen molar-refractivity contribution in [3.63, 3.8) is 0 Å². The number of nitrogens with zero attached hydrogens (tertiary/aromatic N) is 3. The molecule has 0 saturated carbocycles. The number of halogens is 2. The molecule has 2 aromatic heterocycles. The highest BCUT2D eigenvalue weighted by Crippen LogP contribution is 2.35. The van der Waals surface area contributed by atoms with Gasteiger partial charge in [0.15, 0.2) is 10.3 Å². The molecule has 3 heterocycles. The number of rotatable bonds is 3. The van der Waals surface area contributed by atoms with E-state index >= 15 is 0 Å². The van der Waals surface area contributed by atoms with Crippen molar-refractivity contribution in [1.82, 2.24) is 9.88 Å². The fourth-order valence-corrected chi connectivity index (χ4v) is 3.93. The average Bonchev–Trinajstić information content (AvgIpc) is 3.25. The van der Waals surface area contributed by atoms with Gasteiger partial charge in [0.25, 0.3) is 5.91 Å². The van der Waals surface area contributed by atoms with E-state index in [1.54, 1.807) is 31.5 Å². The van der Waals surface area contributed by atoms with Crippen LogP contribution in [0, 0.1) is 0 Å². The van der Waals surface area contributed by atoms with E-state index in [0.29, 0.717) is 26.7 Å². The van der Waals surface area contributed by atoms with Gasteiger partial charge in [-0.05, 0) is 48.2 Å². The molecule has 0 radical (unpaired) electrons. The largest absolute Gasteiger partial charge is 0.457 e. The van der Waals surface area contributed by atoms with E-state index in [1.165, 1.54) is 16.7 Å². The molecule has 0 N–H and O–H groups in total. The van der Waals surface area contributed by atoms with Crippen LogP contribution in [0.4, 0.5) is 5.69 Å². The summed E-state index contributed by atoms with van der Waals surface area (Å²) in [5, 5.41) is 0.824. The topological polar surface area (TPSA) is 58.7 Å². The molecule has 0 unspecified atom stereocenters. The summed E-state index contributed by atoms with van der Waals surface area (Å²) < 4.78 is 6.88. The highest BCUT2D eigenvalue weighted by atomic mass is 79.9. The lowest BCUT2D eigenvalue weighted by Crippen LogP contribution is -2.23. The van der Waals surface area contributed by atoms with Gasteiger partial charge in [-0.3, -0.25) is 9.69 Å². The van der Waals surface area contributed by atoms with Gasteiger partial charge in [-0.15, -0.1) is 0 Å². The predicted octanol–water partition coefficient (Wildman–Crippen LogP) is 5.99. The zero-order valence-corrected chi connectivity index (χ0v) is 17.8. The molecule has 8 heteroatoms. The number of pyridine rings is 1. The molecule has 1 amide bonds. The van der Waals surface area contributed by atoms with E-state index in [1.807, 2.05) is 36.4 Å². The number of hydrogen-bond acceptors (Lipinski definition) is 5. The van der Waals surface area contributed by atoms with Crippen molar-refractivity contribution in [3.05, 3.63) is 75.0 Å². The number of thioether (sulfide) groups is 1. The van der Waals surface area contributed by atoms with Crippen molar-refractivity contribution in [2.75, 3.05) is 7.05 Å². The minimum atomic E-state index is -0.148. The second-order valence-electron chi connectivity index (χ2n) is 5.89. The molecule has 28 heavy (non-hydrogen) atoms. The lowest BCUT2D eigenvalue weighted by atomic mass is 10.2. The van der Waals surface area contributed by atoms with Crippen LogP contribution >= 0.6 is 39.3 Å². The van der Waals surface area contributed by atoms with Crippen LogP contribution in [0.5, 0.6) is 0 Å². The van der Waals surface area contributed by atoms with E-state index in [4.69, 9.17) is 16.0 Å². The van der Waals surface area contributed by atoms with Gasteiger partial charge in [-0.1, -0.05) is 39.7 Å². The van der Waals surface area contributed by atoms with Crippen molar-refractivity contribution in [2.24, 2.45) is 4.99 Å². The molecule has 5 nitrogen and oxygen atoms in total. The molecule has 0 bridgehead atoms. The van der Waals surface area contributed by atoms with Crippen molar-refractivity contribution in [1.29, 1.82) is 0 Å². The quantitative estimate of drug-likeness (QED) is 0.345. The summed E-state index contributed by atoms with van der Waals surface area (Å²) in [6.45, 7) is 0. The van der Waals surface area contributed by atoms with Gasteiger partial charge in [-0.2, -0.15) is 0 Å². The molecule has 1 aliphatic heterocycles. The summed E-state index contributed by atoms with van der Waals surface area (Å²) >= 11 is 10.7. The van der Waals surface area contributed by atoms with Gasteiger partial charge in [-0.25, -0.2) is 9.98 Å². The van der Waals surface area contributed by atoms with Crippen LogP contribution in [-0.4, -0.2) is 28.0 Å². The average molecular weight is 475 g/mol. The Balaban J connectivity index is 1.60. The zero-order valence-electron chi connectivity index (χ0n) is 14.6. The maximum absolute atomic E-state index is 12.6. The molecular formula is C20H13BrClN3O2S. The predicted molar refractivity (Wildman–Crippen MR) is 117 cm³/mol. The highest BCUT2D eigenvalue weighted by Gasteiger charge is 2.31. The van der Waals surface area contributed by atoms with E-state index < -0.39 is 0 Å². The number of likely N-dealkylation sites (N-methyl/N-ethyl adjacent to an activating group) is 1. The highest BCUT2D eigenvalue weighted by molar-refractivity contribution is 9.10. The number of carbonyl (C=O) groups is 1. The Kier molecular flexibility index (Phi) is 5.39. The standard InChI is InChI=1S/C20H13BrClN3O2S/c1-25-19(26)17(28-20(25)24-15-3-2-10-23-18(15)22)11-14-8-9-16(27-14)12-4-6-13(21)7-5-12/h2-11H,1H3/b17-11+,24-20?. The third-order valence-electron chi connectivity index (χ3n) is 3.99. The third-order valence-corrected chi connectivity index (χ3v) is 5.87. The van der Waals surface area contributed by atoms with E-state index in [-0.39, 0.29) is 5.91 Å². The fraction of sp³-hybridized carbons (Fsp3) is 0.0500. The number of hydrogen-bond donors (Lipinski definition) is 0. The van der Waals surface area contributed by atoms with Gasteiger partial charge in [0.1, 0.15) is 17.2 Å². The first kappa shape index (κ1) is 19.0. The van der Waals surface area contributed by atoms with Crippen LogP contribution in [-0.2, 0) is 4.79 Å². The Morgan fingerprint density at radius 1 is 1.21 bits per heavy atom. The first-order valence-electron chi connectivity index (χ1n) is 8.24. The molecule has 0 atom stereocenters. The smallest absolute Gasteiger partial charge is 0.266 e. The molecule has 0 aliphatic carbocycles. The van der Waals surface area contributed by atoms with E-state index in [2.05, 4.69) is 25.9 Å². The second kappa shape index (κ2) is 7.95. The van der Waals surface area contributed by atoms with E-state index in [9.17, 15) is 4.79 Å². The third kappa shape index (κ3) is 3.92. The van der Waals surface area contributed by atoms with Crippen molar-refractivity contribution < 1.29 is 9.21 Å². The number of amidine groups is 1. The minimum absolute atomic E-state index is 0.148. The van der Waals surface area contributed by atoms with Gasteiger partial charge in [0.05, 0.1) is 4.91 Å². The number of aromatic nitrogens is 1. The summed E-state index contributed by atoms with van der Waals surface area (Å²) in [4.78, 5) is 23.0. The first-order chi connectivity index (χ1) is 13.5. The SMILES string of the molecule is CN1C(=O)/C(=C\c2ccc(-c3ccc(Br)cc3)o2)SC1=Nc1cccnc1Cl. The number of benzene rings is 1. The summed E-state index contributed by atoms with van der Waals surface area (Å²) in [6.07, 6.45) is 3.31. The Labute approximate surface area is 179 Å². The molecule has 1 saturated heterocycles. The number of furan rings is 1. The second-order valence-corrected chi connectivity index (χ2v) is 8.17. The first-order valence-corrected chi connectivity index (χ1v) is 10.2.